The van der Waals surface area contributed by atoms with E-state index in [1.54, 1.807) is 19.1 Å². The molecule has 1 heterocycles. The molecule has 1 aliphatic rings. The van der Waals surface area contributed by atoms with Gasteiger partial charge < -0.3 is 0 Å². The Balaban J connectivity index is 2.65. The van der Waals surface area contributed by atoms with Crippen LogP contribution < -0.4 is 0 Å². The van der Waals surface area contributed by atoms with E-state index in [1.165, 1.54) is 0 Å². The molecule has 1 unspecified atom stereocenters. The van der Waals surface area contributed by atoms with Gasteiger partial charge >= 0.3 is 5.51 Å². The van der Waals surface area contributed by atoms with E-state index in [1.807, 2.05) is 26.0 Å². The summed E-state index contributed by atoms with van der Waals surface area (Å²) in [5.41, 5.74) is -2.61. The Kier molecular flexibility index (Phi) is 3.82. The maximum absolute atomic E-state index is 13.5. The van der Waals surface area contributed by atoms with Crippen molar-refractivity contribution in [3.8, 4) is 0 Å². The second-order valence-corrected chi connectivity index (χ2v) is 10.3. The Labute approximate surface area is 120 Å². The molecule has 0 aromatic heterocycles. The molecule has 1 aromatic carbocycles. The first-order valence-electron chi connectivity index (χ1n) is 6.15. The van der Waals surface area contributed by atoms with Gasteiger partial charge in [0.15, 0.2) is 0 Å². The summed E-state index contributed by atoms with van der Waals surface area (Å²) in [6.07, 6.45) is 2.10. The number of halogens is 4. The number of rotatable bonds is 2. The smallest absolute Gasteiger partial charge is 0.160 e. The van der Waals surface area contributed by atoms with E-state index < -0.39 is 14.0 Å². The van der Waals surface area contributed by atoms with Gasteiger partial charge in [0.1, 0.15) is 0 Å². The fourth-order valence-electron chi connectivity index (χ4n) is 2.24. The first kappa shape index (κ1) is 15.0. The summed E-state index contributed by atoms with van der Waals surface area (Å²) in [6.45, 7) is 5.75. The fraction of sp³-hybridized carbons (Fsp3) is 0.429. The molecule has 0 bridgehead atoms. The van der Waals surface area contributed by atoms with Gasteiger partial charge in [0.05, 0.1) is 0 Å². The van der Waals surface area contributed by atoms with Gasteiger partial charge in [0.25, 0.3) is 0 Å². The number of allylic oxidation sites excluding steroid dienone is 1. The lowest BCUT2D eigenvalue weighted by Gasteiger charge is -2.35. The van der Waals surface area contributed by atoms with Crippen molar-refractivity contribution in [2.45, 2.75) is 43.5 Å². The van der Waals surface area contributed by atoms with E-state index in [-0.39, 0.29) is 5.92 Å². The molecule has 19 heavy (non-hydrogen) atoms. The van der Waals surface area contributed by atoms with Crippen molar-refractivity contribution in [1.82, 2.24) is 0 Å². The van der Waals surface area contributed by atoms with Crippen molar-refractivity contribution < 1.29 is 13.2 Å². The van der Waals surface area contributed by atoms with Crippen LogP contribution in [0.2, 0.25) is 0 Å². The lowest BCUT2D eigenvalue weighted by Crippen LogP contribution is -2.15. The highest BCUT2D eigenvalue weighted by molar-refractivity contribution is 9.59. The minimum absolute atomic E-state index is 0.223. The van der Waals surface area contributed by atoms with Crippen LogP contribution in [-0.2, 0) is 0 Å². The molecule has 1 aromatic rings. The lowest BCUT2D eigenvalue weighted by molar-refractivity contribution is -0.0355. The van der Waals surface area contributed by atoms with Crippen LogP contribution in [0.3, 0.4) is 0 Å². The van der Waals surface area contributed by atoms with E-state index in [0.717, 1.165) is 5.56 Å². The highest BCUT2D eigenvalue weighted by Crippen LogP contribution is 2.81. The molecular weight excluding hydrogens is 337 g/mol. The average molecular weight is 353 g/mol. The number of fused-ring (bicyclic) bond motifs is 1. The third kappa shape index (κ3) is 2.25. The minimum atomic E-state index is -4.25. The van der Waals surface area contributed by atoms with E-state index >= 15 is 0 Å². The van der Waals surface area contributed by atoms with Crippen LogP contribution in [0.4, 0.5) is 13.2 Å². The van der Waals surface area contributed by atoms with Gasteiger partial charge in [0.2, 0.25) is 0 Å². The Bertz CT molecular complexity index is 534. The molecule has 106 valence electrons. The third-order valence-corrected chi connectivity index (χ3v) is 9.47. The monoisotopic (exact) mass is 352 g/mol. The molecular formula is C14H16BrF3S. The zero-order valence-corrected chi connectivity index (χ0v) is 13.4. The van der Waals surface area contributed by atoms with Crippen LogP contribution in [0.25, 0.3) is 6.08 Å². The van der Waals surface area contributed by atoms with E-state index in [4.69, 9.17) is 0 Å². The summed E-state index contributed by atoms with van der Waals surface area (Å²) in [5.74, 6) is 0.223. The van der Waals surface area contributed by atoms with E-state index in [2.05, 4.69) is 14.8 Å². The van der Waals surface area contributed by atoms with Gasteiger partial charge in [-0.05, 0) is 63.8 Å². The van der Waals surface area contributed by atoms with Crippen LogP contribution in [0.15, 0.2) is 28.0 Å². The lowest BCUT2D eigenvalue weighted by atomic mass is 10.0. The van der Waals surface area contributed by atoms with Crippen molar-refractivity contribution in [1.29, 1.82) is 0 Å². The summed E-state index contributed by atoms with van der Waals surface area (Å²) in [5, 5.41) is 0. The summed E-state index contributed by atoms with van der Waals surface area (Å²) >= 11 is 3.07. The van der Waals surface area contributed by atoms with Gasteiger partial charge in [-0.3, -0.25) is 0 Å². The number of alkyl halides is 3. The van der Waals surface area contributed by atoms with Crippen LogP contribution in [-0.4, -0.2) is 5.51 Å². The Morgan fingerprint density at radius 3 is 2.37 bits per heavy atom. The molecule has 1 atom stereocenters. The molecule has 0 radical (unpaired) electrons. The molecule has 2 rings (SSSR count). The topological polar surface area (TPSA) is 0 Å². The van der Waals surface area contributed by atoms with Crippen molar-refractivity contribution in [3.63, 3.8) is 0 Å². The van der Waals surface area contributed by atoms with E-state index in [9.17, 15) is 13.2 Å². The average Bonchev–Trinajstić information content (AvgIpc) is 2.62. The molecule has 0 fully saturated rings. The van der Waals surface area contributed by atoms with Crippen LogP contribution >= 0.6 is 23.3 Å². The largest absolute Gasteiger partial charge is 0.442 e. The number of hydrogen-bond donors (Lipinski definition) is 0. The minimum Gasteiger partial charge on any atom is -0.160 e. The number of benzene rings is 1. The molecule has 0 saturated heterocycles. The maximum Gasteiger partial charge on any atom is 0.442 e. The Hall–Kier alpha value is -0.420. The molecule has 0 aliphatic carbocycles. The third-order valence-electron chi connectivity index (χ3n) is 3.35. The highest BCUT2D eigenvalue weighted by atomic mass is 79.9. The first-order valence-corrected chi connectivity index (χ1v) is 9.63. The summed E-state index contributed by atoms with van der Waals surface area (Å²) in [7, 11) is -3.05. The van der Waals surface area contributed by atoms with Crippen LogP contribution in [0.1, 0.15) is 44.2 Å². The van der Waals surface area contributed by atoms with Gasteiger partial charge in [0, 0.05) is 4.90 Å². The quantitative estimate of drug-likeness (QED) is 0.564. The van der Waals surface area contributed by atoms with Crippen molar-refractivity contribution in [2.24, 2.45) is 0 Å². The van der Waals surface area contributed by atoms with Gasteiger partial charge in [-0.2, -0.15) is 13.2 Å². The van der Waals surface area contributed by atoms with Gasteiger partial charge in [-0.1, -0.05) is 32.9 Å². The molecule has 0 nitrogen and oxygen atoms in total. The van der Waals surface area contributed by atoms with Crippen molar-refractivity contribution >= 4 is 29.4 Å². The summed E-state index contributed by atoms with van der Waals surface area (Å²) in [4.78, 5) is 0.860. The number of hydrogen-bond acceptors (Lipinski definition) is 0. The normalized spacial score (nSPS) is 26.0. The van der Waals surface area contributed by atoms with Crippen LogP contribution in [0, 0.1) is 0 Å². The molecule has 5 heteroatoms. The molecule has 0 spiro atoms. The molecule has 0 saturated carbocycles. The first-order chi connectivity index (χ1) is 8.71. The summed E-state index contributed by atoms with van der Waals surface area (Å²) in [6, 6.07) is 5.45. The second kappa shape index (κ2) is 4.85. The predicted molar refractivity (Wildman–Crippen MR) is 79.6 cm³/mol. The van der Waals surface area contributed by atoms with Crippen LogP contribution in [0.5, 0.6) is 0 Å². The molecule has 1 aliphatic heterocycles. The highest BCUT2D eigenvalue weighted by Gasteiger charge is 2.54. The molecule has 0 N–H and O–H groups in total. The Morgan fingerprint density at radius 1 is 1.26 bits per heavy atom. The van der Waals surface area contributed by atoms with Crippen molar-refractivity contribution in [2.75, 3.05) is 0 Å². The predicted octanol–water partition coefficient (Wildman–Crippen LogP) is 6.57. The van der Waals surface area contributed by atoms with E-state index in [0.29, 0.717) is 21.8 Å². The van der Waals surface area contributed by atoms with Gasteiger partial charge in [-0.15, -0.1) is 0 Å². The molecule has 0 amide bonds. The van der Waals surface area contributed by atoms with Gasteiger partial charge in [-0.25, -0.2) is 0 Å². The second-order valence-electron chi connectivity index (χ2n) is 4.90. The SMILES string of the molecule is CCC1=Cc2ccc(C(C)C)cc2S1(Br)C(F)(F)F. The zero-order chi connectivity index (χ0) is 14.4. The fourth-order valence-corrected chi connectivity index (χ4v) is 6.32. The standard InChI is InChI=1S/C14H16BrF3S/c1-4-12-7-11-6-5-10(9(2)3)8-13(11)19(12,15)14(16,17)18/h5-9H,4H2,1-3H3. The van der Waals surface area contributed by atoms with Crippen molar-refractivity contribution in [3.05, 3.63) is 34.2 Å². The summed E-state index contributed by atoms with van der Waals surface area (Å²) < 4.78 is 40.6. The Morgan fingerprint density at radius 2 is 1.89 bits per heavy atom. The maximum atomic E-state index is 13.5. The zero-order valence-electron chi connectivity index (χ0n) is 11.0.